The van der Waals surface area contributed by atoms with E-state index in [1.807, 2.05) is 0 Å². The second kappa shape index (κ2) is 6.68. The number of rotatable bonds is 6. The summed E-state index contributed by atoms with van der Waals surface area (Å²) in [7, 11) is 2.14. The van der Waals surface area contributed by atoms with Crippen LogP contribution in [0.4, 0.5) is 5.13 Å². The Bertz CT molecular complexity index is 396. The van der Waals surface area contributed by atoms with Gasteiger partial charge < -0.3 is 15.5 Å². The van der Waals surface area contributed by atoms with E-state index >= 15 is 0 Å². The third kappa shape index (κ3) is 3.68. The van der Waals surface area contributed by atoms with Crippen LogP contribution in [0.1, 0.15) is 43.2 Å². The van der Waals surface area contributed by atoms with Gasteiger partial charge in [0.25, 0.3) is 0 Å². The first-order valence-corrected chi connectivity index (χ1v) is 8.06. The Morgan fingerprint density at radius 2 is 2.05 bits per heavy atom. The van der Waals surface area contributed by atoms with Crippen molar-refractivity contribution in [3.05, 3.63) is 10.6 Å². The van der Waals surface area contributed by atoms with Crippen molar-refractivity contribution >= 4 is 16.5 Å². The first kappa shape index (κ1) is 14.8. The maximum absolute atomic E-state index is 5.82. The fourth-order valence-corrected chi connectivity index (χ4v) is 3.59. The molecule has 0 atom stereocenters. The van der Waals surface area contributed by atoms with Gasteiger partial charge in [-0.25, -0.2) is 4.98 Å². The SMILES string of the molecule is CC(C)c1nc(N(C)CCN2CCCC2)sc1CN. The van der Waals surface area contributed by atoms with E-state index < -0.39 is 0 Å². The molecule has 1 aromatic heterocycles. The van der Waals surface area contributed by atoms with Crippen LogP contribution in [0, 0.1) is 0 Å². The van der Waals surface area contributed by atoms with Crippen molar-refractivity contribution in [2.75, 3.05) is 38.1 Å². The van der Waals surface area contributed by atoms with E-state index in [0.29, 0.717) is 12.5 Å². The third-order valence-electron chi connectivity index (χ3n) is 3.73. The van der Waals surface area contributed by atoms with Gasteiger partial charge in [0.05, 0.1) is 5.69 Å². The topological polar surface area (TPSA) is 45.4 Å². The molecule has 5 heteroatoms. The second-order valence-corrected chi connectivity index (χ2v) is 6.70. The number of thiazole rings is 1. The van der Waals surface area contributed by atoms with Gasteiger partial charge in [0.1, 0.15) is 0 Å². The van der Waals surface area contributed by atoms with Crippen LogP contribution in [0.25, 0.3) is 0 Å². The lowest BCUT2D eigenvalue weighted by atomic mass is 10.1. The summed E-state index contributed by atoms with van der Waals surface area (Å²) in [6, 6.07) is 0. The first-order chi connectivity index (χ1) is 9.11. The number of nitrogens with two attached hydrogens (primary N) is 1. The number of hydrogen-bond donors (Lipinski definition) is 1. The molecule has 1 aromatic rings. The minimum atomic E-state index is 0.454. The van der Waals surface area contributed by atoms with Crippen LogP contribution in [-0.4, -0.2) is 43.1 Å². The van der Waals surface area contributed by atoms with Crippen molar-refractivity contribution in [1.82, 2.24) is 9.88 Å². The zero-order valence-corrected chi connectivity index (χ0v) is 13.2. The Balaban J connectivity index is 1.95. The fourth-order valence-electron chi connectivity index (χ4n) is 2.50. The Labute approximate surface area is 120 Å². The van der Waals surface area contributed by atoms with Crippen LogP contribution in [0.5, 0.6) is 0 Å². The smallest absolute Gasteiger partial charge is 0.185 e. The van der Waals surface area contributed by atoms with Gasteiger partial charge in [-0.05, 0) is 31.8 Å². The Kier molecular flexibility index (Phi) is 5.19. The van der Waals surface area contributed by atoms with E-state index in [9.17, 15) is 0 Å². The summed E-state index contributed by atoms with van der Waals surface area (Å²) in [6.07, 6.45) is 2.71. The number of hydrogen-bond acceptors (Lipinski definition) is 5. The molecular weight excluding hydrogens is 256 g/mol. The van der Waals surface area contributed by atoms with E-state index in [2.05, 4.69) is 30.7 Å². The van der Waals surface area contributed by atoms with E-state index in [-0.39, 0.29) is 0 Å². The monoisotopic (exact) mass is 282 g/mol. The molecule has 0 amide bonds. The summed E-state index contributed by atoms with van der Waals surface area (Å²) in [5.74, 6) is 0.454. The molecule has 2 rings (SSSR count). The van der Waals surface area contributed by atoms with Crippen molar-refractivity contribution in [1.29, 1.82) is 0 Å². The minimum Gasteiger partial charge on any atom is -0.350 e. The number of likely N-dealkylation sites (tertiary alicyclic amines) is 1. The molecular formula is C14H26N4S. The lowest BCUT2D eigenvalue weighted by molar-refractivity contribution is 0.346. The van der Waals surface area contributed by atoms with Gasteiger partial charge in [0.15, 0.2) is 5.13 Å². The molecule has 0 spiro atoms. The lowest BCUT2D eigenvalue weighted by Gasteiger charge is -2.20. The van der Waals surface area contributed by atoms with Crippen LogP contribution in [0.2, 0.25) is 0 Å². The van der Waals surface area contributed by atoms with Crippen LogP contribution in [0.3, 0.4) is 0 Å². The average molecular weight is 282 g/mol. The zero-order chi connectivity index (χ0) is 13.8. The Hall–Kier alpha value is -0.650. The van der Waals surface area contributed by atoms with Crippen molar-refractivity contribution in [2.45, 2.75) is 39.2 Å². The number of aromatic nitrogens is 1. The molecule has 0 saturated carbocycles. The quantitative estimate of drug-likeness (QED) is 0.869. The molecule has 1 saturated heterocycles. The largest absolute Gasteiger partial charge is 0.350 e. The molecule has 19 heavy (non-hydrogen) atoms. The molecule has 2 heterocycles. The number of anilines is 1. The molecule has 0 aromatic carbocycles. The molecule has 0 radical (unpaired) electrons. The Morgan fingerprint density at radius 1 is 1.37 bits per heavy atom. The summed E-state index contributed by atoms with van der Waals surface area (Å²) in [6.45, 7) is 9.68. The van der Waals surface area contributed by atoms with Gasteiger partial charge in [-0.15, -0.1) is 11.3 Å². The molecule has 0 unspecified atom stereocenters. The summed E-state index contributed by atoms with van der Waals surface area (Å²) < 4.78 is 0. The molecule has 4 nitrogen and oxygen atoms in total. The molecule has 1 aliphatic heterocycles. The highest BCUT2D eigenvalue weighted by atomic mass is 32.1. The van der Waals surface area contributed by atoms with Gasteiger partial charge in [-0.2, -0.15) is 0 Å². The van der Waals surface area contributed by atoms with Crippen molar-refractivity contribution in [3.63, 3.8) is 0 Å². The first-order valence-electron chi connectivity index (χ1n) is 7.25. The maximum atomic E-state index is 5.82. The predicted octanol–water partition coefficient (Wildman–Crippen LogP) is 2.26. The van der Waals surface area contributed by atoms with Crippen molar-refractivity contribution in [2.24, 2.45) is 5.73 Å². The van der Waals surface area contributed by atoms with Crippen LogP contribution in [-0.2, 0) is 6.54 Å². The predicted molar refractivity (Wildman–Crippen MR) is 83.0 cm³/mol. The van der Waals surface area contributed by atoms with E-state index in [4.69, 9.17) is 10.7 Å². The van der Waals surface area contributed by atoms with Crippen LogP contribution >= 0.6 is 11.3 Å². The standard InChI is InChI=1S/C14H26N4S/c1-11(2)13-12(10-15)19-14(16-13)17(3)8-9-18-6-4-5-7-18/h11H,4-10,15H2,1-3H3. The number of likely N-dealkylation sites (N-methyl/N-ethyl adjacent to an activating group) is 1. The van der Waals surface area contributed by atoms with Gasteiger partial charge in [0.2, 0.25) is 0 Å². The maximum Gasteiger partial charge on any atom is 0.185 e. The average Bonchev–Trinajstić information content (AvgIpc) is 3.04. The summed E-state index contributed by atoms with van der Waals surface area (Å²) in [5.41, 5.74) is 7.00. The molecule has 1 aliphatic rings. The highest BCUT2D eigenvalue weighted by Crippen LogP contribution is 2.29. The third-order valence-corrected chi connectivity index (χ3v) is 4.93. The van der Waals surface area contributed by atoms with Gasteiger partial charge in [-0.1, -0.05) is 13.8 Å². The molecule has 0 aliphatic carbocycles. The zero-order valence-electron chi connectivity index (χ0n) is 12.4. The van der Waals surface area contributed by atoms with Gasteiger partial charge in [-0.3, -0.25) is 0 Å². The van der Waals surface area contributed by atoms with Crippen molar-refractivity contribution in [3.8, 4) is 0 Å². The fraction of sp³-hybridized carbons (Fsp3) is 0.786. The second-order valence-electron chi connectivity index (χ2n) is 5.63. The normalized spacial score (nSPS) is 16.5. The Morgan fingerprint density at radius 3 is 2.58 bits per heavy atom. The molecule has 2 N–H and O–H groups in total. The highest BCUT2D eigenvalue weighted by Gasteiger charge is 2.17. The van der Waals surface area contributed by atoms with Gasteiger partial charge >= 0.3 is 0 Å². The minimum absolute atomic E-state index is 0.454. The lowest BCUT2D eigenvalue weighted by Crippen LogP contribution is -2.31. The summed E-state index contributed by atoms with van der Waals surface area (Å²) in [5, 5.41) is 1.11. The number of nitrogens with zero attached hydrogens (tertiary/aromatic N) is 3. The van der Waals surface area contributed by atoms with E-state index in [1.165, 1.54) is 36.5 Å². The molecule has 0 bridgehead atoms. The van der Waals surface area contributed by atoms with Crippen LogP contribution in [0.15, 0.2) is 0 Å². The summed E-state index contributed by atoms with van der Waals surface area (Å²) in [4.78, 5) is 10.8. The summed E-state index contributed by atoms with van der Waals surface area (Å²) >= 11 is 1.75. The van der Waals surface area contributed by atoms with Crippen LogP contribution < -0.4 is 10.6 Å². The van der Waals surface area contributed by atoms with Crippen molar-refractivity contribution < 1.29 is 0 Å². The van der Waals surface area contributed by atoms with E-state index in [1.54, 1.807) is 11.3 Å². The highest BCUT2D eigenvalue weighted by molar-refractivity contribution is 7.15. The molecule has 1 fully saturated rings. The molecule has 108 valence electrons. The van der Waals surface area contributed by atoms with E-state index in [0.717, 1.165) is 18.2 Å². The van der Waals surface area contributed by atoms with Gasteiger partial charge in [0, 0.05) is 31.6 Å².